The lowest BCUT2D eigenvalue weighted by Crippen LogP contribution is -1.82. The molecule has 0 N–H and O–H groups in total. The maximum atomic E-state index is 12.8. The Morgan fingerprint density at radius 3 is 2.77 bits per heavy atom. The predicted octanol–water partition coefficient (Wildman–Crippen LogP) is 3.72. The van der Waals surface area contributed by atoms with Crippen LogP contribution in [0.15, 0.2) is 36.4 Å². The normalized spacial score (nSPS) is 10.6. The van der Waals surface area contributed by atoms with Gasteiger partial charge in [0.05, 0.1) is 0 Å². The molecule has 2 aromatic rings. The van der Waals surface area contributed by atoms with Crippen molar-refractivity contribution in [2.45, 2.75) is 5.88 Å². The molecule has 0 spiro atoms. The Labute approximate surface area is 80.9 Å². The van der Waals surface area contributed by atoms with Crippen molar-refractivity contribution in [1.29, 1.82) is 0 Å². The fraction of sp³-hybridized carbons (Fsp3) is 0.0909. The molecule has 0 unspecified atom stereocenters. The lowest BCUT2D eigenvalue weighted by molar-refractivity contribution is 0.629. The average Bonchev–Trinajstić information content (AvgIpc) is 2.16. The molecule has 66 valence electrons. The summed E-state index contributed by atoms with van der Waals surface area (Å²) in [5.41, 5.74) is 1.04. The Morgan fingerprint density at radius 2 is 2.00 bits per heavy atom. The zero-order valence-corrected chi connectivity index (χ0v) is 7.68. The van der Waals surface area contributed by atoms with Crippen molar-refractivity contribution in [2.75, 3.05) is 0 Å². The van der Waals surface area contributed by atoms with Gasteiger partial charge in [0.25, 0.3) is 0 Å². The zero-order chi connectivity index (χ0) is 9.26. The first kappa shape index (κ1) is 8.52. The van der Waals surface area contributed by atoms with Crippen LogP contribution in [0, 0.1) is 5.82 Å². The molecule has 0 aliphatic heterocycles. The van der Waals surface area contributed by atoms with Crippen molar-refractivity contribution in [1.82, 2.24) is 0 Å². The van der Waals surface area contributed by atoms with Gasteiger partial charge in [0.15, 0.2) is 0 Å². The van der Waals surface area contributed by atoms with Crippen molar-refractivity contribution in [2.24, 2.45) is 0 Å². The van der Waals surface area contributed by atoms with E-state index in [2.05, 4.69) is 0 Å². The molecule has 0 atom stereocenters. The Balaban J connectivity index is 2.77. The molecule has 0 radical (unpaired) electrons. The lowest BCUT2D eigenvalue weighted by atomic mass is 10.1. The van der Waals surface area contributed by atoms with Gasteiger partial charge in [-0.3, -0.25) is 0 Å². The second-order valence-corrected chi connectivity index (χ2v) is 3.18. The molecular weight excluding hydrogens is 187 g/mol. The monoisotopic (exact) mass is 194 g/mol. The van der Waals surface area contributed by atoms with Crippen molar-refractivity contribution in [3.63, 3.8) is 0 Å². The summed E-state index contributed by atoms with van der Waals surface area (Å²) < 4.78 is 12.8. The van der Waals surface area contributed by atoms with Crippen molar-refractivity contribution in [3.05, 3.63) is 47.8 Å². The third-order valence-corrected chi connectivity index (χ3v) is 2.36. The SMILES string of the molecule is Fc1ccc2c(CCl)cccc2c1. The van der Waals surface area contributed by atoms with E-state index in [0.29, 0.717) is 5.88 Å². The number of hydrogen-bond acceptors (Lipinski definition) is 0. The van der Waals surface area contributed by atoms with Crippen molar-refractivity contribution >= 4 is 22.4 Å². The Bertz CT molecular complexity index is 437. The second-order valence-electron chi connectivity index (χ2n) is 2.92. The molecular formula is C11H8ClF. The first-order valence-corrected chi connectivity index (χ1v) is 4.58. The number of alkyl halides is 1. The van der Waals surface area contributed by atoms with E-state index >= 15 is 0 Å². The largest absolute Gasteiger partial charge is 0.207 e. The van der Waals surface area contributed by atoms with Crippen LogP contribution < -0.4 is 0 Å². The first-order valence-electron chi connectivity index (χ1n) is 4.04. The highest BCUT2D eigenvalue weighted by molar-refractivity contribution is 6.18. The topological polar surface area (TPSA) is 0 Å². The summed E-state index contributed by atoms with van der Waals surface area (Å²) in [6.07, 6.45) is 0. The van der Waals surface area contributed by atoms with Crippen LogP contribution in [-0.4, -0.2) is 0 Å². The minimum atomic E-state index is -0.209. The van der Waals surface area contributed by atoms with Gasteiger partial charge in [-0.25, -0.2) is 4.39 Å². The summed E-state index contributed by atoms with van der Waals surface area (Å²) in [5.74, 6) is 0.252. The van der Waals surface area contributed by atoms with Gasteiger partial charge in [0.2, 0.25) is 0 Å². The van der Waals surface area contributed by atoms with Crippen LogP contribution in [0.25, 0.3) is 10.8 Å². The number of halogens is 2. The number of fused-ring (bicyclic) bond motifs is 1. The van der Waals surface area contributed by atoms with Gasteiger partial charge in [0, 0.05) is 5.88 Å². The summed E-state index contributed by atoms with van der Waals surface area (Å²) in [4.78, 5) is 0. The third-order valence-electron chi connectivity index (χ3n) is 2.08. The third kappa shape index (κ3) is 1.52. The molecule has 2 rings (SSSR count). The summed E-state index contributed by atoms with van der Waals surface area (Å²) in [5, 5.41) is 1.93. The first-order chi connectivity index (χ1) is 6.31. The fourth-order valence-electron chi connectivity index (χ4n) is 1.44. The van der Waals surface area contributed by atoms with Gasteiger partial charge < -0.3 is 0 Å². The molecule has 0 nitrogen and oxygen atoms in total. The summed E-state index contributed by atoms with van der Waals surface area (Å²) in [6.45, 7) is 0. The number of rotatable bonds is 1. The van der Waals surface area contributed by atoms with Crippen LogP contribution in [0.1, 0.15) is 5.56 Å². The van der Waals surface area contributed by atoms with E-state index in [1.54, 1.807) is 6.07 Å². The Hall–Kier alpha value is -1.08. The van der Waals surface area contributed by atoms with Gasteiger partial charge in [-0.15, -0.1) is 11.6 Å². The molecule has 0 saturated carbocycles. The van der Waals surface area contributed by atoms with Crippen molar-refractivity contribution in [3.8, 4) is 0 Å². The molecule has 0 amide bonds. The predicted molar refractivity (Wildman–Crippen MR) is 53.5 cm³/mol. The highest BCUT2D eigenvalue weighted by Crippen LogP contribution is 2.20. The molecule has 0 fully saturated rings. The zero-order valence-electron chi connectivity index (χ0n) is 6.93. The number of benzene rings is 2. The van der Waals surface area contributed by atoms with Crippen molar-refractivity contribution < 1.29 is 4.39 Å². The summed E-state index contributed by atoms with van der Waals surface area (Å²) in [6, 6.07) is 10.5. The van der Waals surface area contributed by atoms with E-state index in [1.807, 2.05) is 18.2 Å². The molecule has 0 aliphatic rings. The lowest BCUT2D eigenvalue weighted by Gasteiger charge is -2.02. The van der Waals surface area contributed by atoms with Crippen LogP contribution in [-0.2, 0) is 5.88 Å². The van der Waals surface area contributed by atoms with E-state index in [0.717, 1.165) is 16.3 Å². The minimum Gasteiger partial charge on any atom is -0.207 e. The van der Waals surface area contributed by atoms with Gasteiger partial charge in [0.1, 0.15) is 5.82 Å². The molecule has 0 heterocycles. The molecule has 0 aromatic heterocycles. The van der Waals surface area contributed by atoms with Gasteiger partial charge >= 0.3 is 0 Å². The molecule has 0 aliphatic carbocycles. The maximum Gasteiger partial charge on any atom is 0.123 e. The fourth-order valence-corrected chi connectivity index (χ4v) is 1.67. The van der Waals surface area contributed by atoms with Crippen LogP contribution >= 0.6 is 11.6 Å². The Kier molecular flexibility index (Phi) is 2.19. The quantitative estimate of drug-likeness (QED) is 0.607. The van der Waals surface area contributed by atoms with E-state index < -0.39 is 0 Å². The van der Waals surface area contributed by atoms with Gasteiger partial charge in [-0.05, 0) is 28.5 Å². The average molecular weight is 195 g/mol. The molecule has 2 heteroatoms. The molecule has 2 aromatic carbocycles. The smallest absolute Gasteiger partial charge is 0.123 e. The Morgan fingerprint density at radius 1 is 1.15 bits per heavy atom. The minimum absolute atomic E-state index is 0.209. The van der Waals surface area contributed by atoms with Gasteiger partial charge in [-0.2, -0.15) is 0 Å². The second kappa shape index (κ2) is 3.35. The summed E-state index contributed by atoms with van der Waals surface area (Å²) in [7, 11) is 0. The van der Waals surface area contributed by atoms with Crippen LogP contribution in [0.3, 0.4) is 0 Å². The maximum absolute atomic E-state index is 12.8. The number of hydrogen-bond donors (Lipinski definition) is 0. The highest BCUT2D eigenvalue weighted by atomic mass is 35.5. The standard InChI is InChI=1S/C11H8ClF/c12-7-9-3-1-2-8-6-10(13)4-5-11(8)9/h1-6H,7H2. The van der Waals surface area contributed by atoms with Crippen LogP contribution in [0.2, 0.25) is 0 Å². The van der Waals surface area contributed by atoms with E-state index in [9.17, 15) is 4.39 Å². The molecule has 0 saturated heterocycles. The molecule has 0 bridgehead atoms. The summed E-state index contributed by atoms with van der Waals surface area (Å²) >= 11 is 5.75. The van der Waals surface area contributed by atoms with Crippen LogP contribution in [0.5, 0.6) is 0 Å². The molecule has 13 heavy (non-hydrogen) atoms. The van der Waals surface area contributed by atoms with Gasteiger partial charge in [-0.1, -0.05) is 24.3 Å². The van der Waals surface area contributed by atoms with E-state index in [-0.39, 0.29) is 5.82 Å². The van der Waals surface area contributed by atoms with E-state index in [4.69, 9.17) is 11.6 Å². The highest BCUT2D eigenvalue weighted by Gasteiger charge is 1.99. The van der Waals surface area contributed by atoms with E-state index in [1.165, 1.54) is 12.1 Å². The van der Waals surface area contributed by atoms with Crippen LogP contribution in [0.4, 0.5) is 4.39 Å².